The first-order chi connectivity index (χ1) is 10.1. The van der Waals surface area contributed by atoms with Gasteiger partial charge in [-0.1, -0.05) is 12.1 Å². The number of nitrogens with one attached hydrogen (secondary N) is 1. The molecule has 0 aromatic heterocycles. The Morgan fingerprint density at radius 3 is 2.68 bits per heavy atom. The number of rotatable bonds is 3. The molecule has 0 spiro atoms. The molecular formula is C17H22ClFN2O. The zero-order valence-electron chi connectivity index (χ0n) is 12.4. The molecule has 3 aliphatic carbocycles. The van der Waals surface area contributed by atoms with Crippen molar-refractivity contribution < 1.29 is 9.18 Å². The summed E-state index contributed by atoms with van der Waals surface area (Å²) in [6, 6.07) is 6.88. The van der Waals surface area contributed by atoms with E-state index in [-0.39, 0.29) is 48.1 Å². The van der Waals surface area contributed by atoms with Gasteiger partial charge in [0.05, 0.1) is 5.92 Å². The Labute approximate surface area is 136 Å². The molecule has 4 rings (SSSR count). The molecule has 0 aliphatic heterocycles. The molecule has 6 unspecified atom stereocenters. The molecule has 0 heterocycles. The lowest BCUT2D eigenvalue weighted by Crippen LogP contribution is -2.46. The smallest absolute Gasteiger partial charge is 0.225 e. The maximum atomic E-state index is 13.2. The van der Waals surface area contributed by atoms with E-state index in [9.17, 15) is 9.18 Å². The molecule has 0 radical (unpaired) electrons. The van der Waals surface area contributed by atoms with Crippen molar-refractivity contribution in [3.05, 3.63) is 35.6 Å². The third-order valence-electron chi connectivity index (χ3n) is 5.68. The maximum absolute atomic E-state index is 13.2. The van der Waals surface area contributed by atoms with Crippen LogP contribution in [0.4, 0.5) is 4.39 Å². The fraction of sp³-hybridized carbons (Fsp3) is 0.588. The summed E-state index contributed by atoms with van der Waals surface area (Å²) in [5, 5.41) is 3.14. The minimum atomic E-state index is -0.209. The second-order valence-corrected chi connectivity index (χ2v) is 6.95. The molecule has 1 aromatic rings. The Hall–Kier alpha value is -1.13. The summed E-state index contributed by atoms with van der Waals surface area (Å²) in [5.74, 6) is 1.20. The topological polar surface area (TPSA) is 55.1 Å². The third kappa shape index (κ3) is 2.63. The molecule has 1 aromatic carbocycles. The highest BCUT2D eigenvalue weighted by Gasteiger charge is 2.50. The number of benzene rings is 1. The number of carbonyl (C=O) groups is 1. The highest BCUT2D eigenvalue weighted by molar-refractivity contribution is 5.85. The summed E-state index contributed by atoms with van der Waals surface area (Å²) in [5.41, 5.74) is 7.20. The largest absolute Gasteiger partial charge is 0.352 e. The van der Waals surface area contributed by atoms with E-state index < -0.39 is 0 Å². The Morgan fingerprint density at radius 2 is 2.00 bits per heavy atom. The maximum Gasteiger partial charge on any atom is 0.225 e. The Balaban J connectivity index is 0.00000144. The van der Waals surface area contributed by atoms with Gasteiger partial charge in [-0.05, 0) is 55.2 Å². The van der Waals surface area contributed by atoms with Crippen LogP contribution in [0, 0.1) is 23.6 Å². The highest BCUT2D eigenvalue weighted by atomic mass is 35.5. The number of hydrogen-bond acceptors (Lipinski definition) is 2. The van der Waals surface area contributed by atoms with Gasteiger partial charge in [0.25, 0.3) is 0 Å². The van der Waals surface area contributed by atoms with Gasteiger partial charge in [0.15, 0.2) is 0 Å². The summed E-state index contributed by atoms with van der Waals surface area (Å²) < 4.78 is 13.2. The van der Waals surface area contributed by atoms with Crippen LogP contribution in [-0.4, -0.2) is 18.0 Å². The summed E-state index contributed by atoms with van der Waals surface area (Å²) in [6.45, 7) is 0. The van der Waals surface area contributed by atoms with Crippen LogP contribution in [0.15, 0.2) is 24.3 Å². The van der Waals surface area contributed by atoms with E-state index in [1.54, 1.807) is 12.1 Å². The molecule has 0 saturated heterocycles. The van der Waals surface area contributed by atoms with E-state index in [1.165, 1.54) is 12.5 Å². The fourth-order valence-electron chi connectivity index (χ4n) is 4.46. The van der Waals surface area contributed by atoms with Crippen LogP contribution < -0.4 is 11.1 Å². The lowest BCUT2D eigenvalue weighted by atomic mass is 9.84. The average molecular weight is 325 g/mol. The van der Waals surface area contributed by atoms with Gasteiger partial charge in [-0.15, -0.1) is 12.4 Å². The zero-order chi connectivity index (χ0) is 14.6. The molecule has 3 nitrogen and oxygen atoms in total. The normalized spacial score (nSPS) is 38.5. The van der Waals surface area contributed by atoms with Crippen molar-refractivity contribution in [1.29, 1.82) is 0 Å². The quantitative estimate of drug-likeness (QED) is 0.898. The minimum absolute atomic E-state index is 0. The number of amides is 1. The van der Waals surface area contributed by atoms with Crippen molar-refractivity contribution in [2.45, 2.75) is 43.7 Å². The number of nitrogens with two attached hydrogens (primary N) is 1. The monoisotopic (exact) mass is 324 g/mol. The molecule has 1 amide bonds. The molecule has 3 saturated carbocycles. The van der Waals surface area contributed by atoms with E-state index in [1.807, 2.05) is 6.07 Å². The van der Waals surface area contributed by atoms with Crippen molar-refractivity contribution in [3.63, 3.8) is 0 Å². The molecule has 120 valence electrons. The van der Waals surface area contributed by atoms with Gasteiger partial charge in [-0.3, -0.25) is 4.79 Å². The number of halogens is 2. The Morgan fingerprint density at radius 1 is 1.23 bits per heavy atom. The standard InChI is InChI=1S/C17H21FN2O.ClH/c18-12-3-1-2-9(7-12)13-8-14(13)20-17(21)15-10-4-5-11(6-10)16(15)19;/h1-3,7,10-11,13-16H,4-6,8,19H2,(H,20,21);1H. The van der Waals surface area contributed by atoms with Gasteiger partial charge in [-0.2, -0.15) is 0 Å². The average Bonchev–Trinajstić information content (AvgIpc) is 2.92. The molecule has 22 heavy (non-hydrogen) atoms. The number of fused-ring (bicyclic) bond motifs is 2. The van der Waals surface area contributed by atoms with E-state index in [2.05, 4.69) is 5.32 Å². The first kappa shape index (κ1) is 15.8. The molecule has 3 fully saturated rings. The van der Waals surface area contributed by atoms with Gasteiger partial charge in [0.2, 0.25) is 5.91 Å². The van der Waals surface area contributed by atoms with Crippen molar-refractivity contribution in [2.75, 3.05) is 0 Å². The summed E-state index contributed by atoms with van der Waals surface area (Å²) in [6.07, 6.45) is 4.36. The summed E-state index contributed by atoms with van der Waals surface area (Å²) in [4.78, 5) is 12.5. The van der Waals surface area contributed by atoms with Gasteiger partial charge in [-0.25, -0.2) is 4.39 Å². The van der Waals surface area contributed by atoms with E-state index in [0.717, 1.165) is 24.8 Å². The zero-order valence-corrected chi connectivity index (χ0v) is 13.2. The van der Waals surface area contributed by atoms with Gasteiger partial charge < -0.3 is 11.1 Å². The van der Waals surface area contributed by atoms with Crippen molar-refractivity contribution in [3.8, 4) is 0 Å². The van der Waals surface area contributed by atoms with Crippen molar-refractivity contribution in [2.24, 2.45) is 23.5 Å². The summed E-state index contributed by atoms with van der Waals surface area (Å²) in [7, 11) is 0. The van der Waals surface area contributed by atoms with Crippen LogP contribution in [-0.2, 0) is 4.79 Å². The van der Waals surface area contributed by atoms with Gasteiger partial charge >= 0.3 is 0 Å². The van der Waals surface area contributed by atoms with E-state index in [4.69, 9.17) is 5.73 Å². The number of hydrogen-bond donors (Lipinski definition) is 2. The first-order valence-corrected chi connectivity index (χ1v) is 7.95. The van der Waals surface area contributed by atoms with Gasteiger partial charge in [0, 0.05) is 18.0 Å². The SMILES string of the molecule is Cl.NC1C2CCC(C2)C1C(=O)NC1CC1c1cccc(F)c1. The lowest BCUT2D eigenvalue weighted by molar-refractivity contribution is -0.127. The molecular weight excluding hydrogens is 303 g/mol. The van der Waals surface area contributed by atoms with Crippen LogP contribution in [0.2, 0.25) is 0 Å². The summed E-state index contributed by atoms with van der Waals surface area (Å²) >= 11 is 0. The van der Waals surface area contributed by atoms with Crippen LogP contribution >= 0.6 is 12.4 Å². The Kier molecular flexibility index (Phi) is 4.17. The predicted molar refractivity (Wildman–Crippen MR) is 85.2 cm³/mol. The van der Waals surface area contributed by atoms with Crippen LogP contribution in [0.5, 0.6) is 0 Å². The molecule has 2 bridgehead atoms. The fourth-order valence-corrected chi connectivity index (χ4v) is 4.46. The Bertz CT molecular complexity index is 580. The highest BCUT2D eigenvalue weighted by Crippen LogP contribution is 2.48. The molecule has 5 heteroatoms. The molecule has 6 atom stereocenters. The first-order valence-electron chi connectivity index (χ1n) is 7.95. The van der Waals surface area contributed by atoms with Crippen LogP contribution in [0.1, 0.15) is 37.2 Å². The molecule has 3 aliphatic rings. The van der Waals surface area contributed by atoms with Gasteiger partial charge in [0.1, 0.15) is 5.82 Å². The predicted octanol–water partition coefficient (Wildman–Crippen LogP) is 2.59. The second kappa shape index (κ2) is 5.82. The van der Waals surface area contributed by atoms with E-state index in [0.29, 0.717) is 11.8 Å². The van der Waals surface area contributed by atoms with Crippen LogP contribution in [0.3, 0.4) is 0 Å². The molecule has 3 N–H and O–H groups in total. The van der Waals surface area contributed by atoms with Crippen LogP contribution in [0.25, 0.3) is 0 Å². The lowest BCUT2D eigenvalue weighted by Gasteiger charge is -2.27. The van der Waals surface area contributed by atoms with Crippen molar-refractivity contribution in [1.82, 2.24) is 5.32 Å². The van der Waals surface area contributed by atoms with Crippen molar-refractivity contribution >= 4 is 18.3 Å². The van der Waals surface area contributed by atoms with E-state index >= 15 is 0 Å². The number of carbonyl (C=O) groups excluding carboxylic acids is 1. The second-order valence-electron chi connectivity index (χ2n) is 6.95. The third-order valence-corrected chi connectivity index (χ3v) is 5.68. The minimum Gasteiger partial charge on any atom is -0.352 e.